The van der Waals surface area contributed by atoms with Gasteiger partial charge in [-0.2, -0.15) is 0 Å². The molecule has 0 aliphatic heterocycles. The van der Waals surface area contributed by atoms with E-state index in [-0.39, 0.29) is 12.2 Å². The van der Waals surface area contributed by atoms with E-state index in [0.29, 0.717) is 5.01 Å². The van der Waals surface area contributed by atoms with Crippen molar-refractivity contribution in [1.82, 2.24) is 19.5 Å². The van der Waals surface area contributed by atoms with Crippen molar-refractivity contribution in [2.24, 2.45) is 7.05 Å². The second-order valence-electron chi connectivity index (χ2n) is 6.00. The van der Waals surface area contributed by atoms with Gasteiger partial charge in [-0.15, -0.1) is 11.3 Å². The number of hydrogen-bond donors (Lipinski definition) is 0. The molecule has 0 radical (unpaired) electrons. The van der Waals surface area contributed by atoms with Gasteiger partial charge in [0.25, 0.3) is 0 Å². The van der Waals surface area contributed by atoms with Crippen molar-refractivity contribution >= 4 is 27.9 Å². The number of carbonyl (C=O) groups is 1. The number of hydrogen-bond acceptors (Lipinski definition) is 5. The fourth-order valence-electron chi connectivity index (χ4n) is 2.80. The van der Waals surface area contributed by atoms with Crippen molar-refractivity contribution in [3.8, 4) is 11.3 Å². The molecule has 0 bridgehead atoms. The molecule has 3 aromatic heterocycles. The molecule has 4 rings (SSSR count). The Balaban J connectivity index is 1.67. The number of fused-ring (bicyclic) bond motifs is 1. The Bertz CT molecular complexity index is 1080. The number of nitrogens with zero attached hydrogens (tertiary/aromatic N) is 4. The minimum Gasteiger partial charge on any atom is -0.334 e. The third-order valence-corrected chi connectivity index (χ3v) is 5.05. The fraction of sp³-hybridized carbons (Fsp3) is 0.158. The van der Waals surface area contributed by atoms with Gasteiger partial charge in [0.05, 0.1) is 24.6 Å². The van der Waals surface area contributed by atoms with Crippen molar-refractivity contribution in [3.05, 3.63) is 64.8 Å². The van der Waals surface area contributed by atoms with Crippen molar-refractivity contribution < 1.29 is 4.79 Å². The van der Waals surface area contributed by atoms with E-state index in [4.69, 9.17) is 0 Å². The largest absolute Gasteiger partial charge is 0.334 e. The number of aromatic nitrogens is 4. The van der Waals surface area contributed by atoms with E-state index < -0.39 is 0 Å². The van der Waals surface area contributed by atoms with Crippen LogP contribution in [0.2, 0.25) is 0 Å². The molecule has 0 N–H and O–H groups in total. The topological polar surface area (TPSA) is 60.7 Å². The minimum atomic E-state index is 0.00717. The Labute approximate surface area is 149 Å². The summed E-state index contributed by atoms with van der Waals surface area (Å²) < 4.78 is 1.98. The molecule has 0 saturated carbocycles. The van der Waals surface area contributed by atoms with Crippen LogP contribution in [0.4, 0.5) is 0 Å². The van der Waals surface area contributed by atoms with Gasteiger partial charge in [-0.25, -0.2) is 9.97 Å². The summed E-state index contributed by atoms with van der Waals surface area (Å²) in [5.41, 5.74) is 2.90. The number of Topliss-reactive ketones (excluding diaryl/α,β-unsaturated/α-hetero) is 1. The van der Waals surface area contributed by atoms with Gasteiger partial charge in [-0.05, 0) is 24.4 Å². The predicted molar refractivity (Wildman–Crippen MR) is 98.8 cm³/mol. The number of pyridine rings is 1. The Hall–Kier alpha value is -2.86. The highest BCUT2D eigenvalue weighted by Crippen LogP contribution is 2.24. The van der Waals surface area contributed by atoms with Crippen LogP contribution in [0.1, 0.15) is 20.4 Å². The number of ketones is 1. The van der Waals surface area contributed by atoms with E-state index in [1.165, 1.54) is 11.3 Å². The molecule has 0 spiro atoms. The number of rotatable bonds is 4. The Morgan fingerprint density at radius 1 is 1.12 bits per heavy atom. The maximum absolute atomic E-state index is 12.4. The molecule has 0 fully saturated rings. The normalized spacial score (nSPS) is 11.1. The van der Waals surface area contributed by atoms with Crippen molar-refractivity contribution in [3.63, 3.8) is 0 Å². The Morgan fingerprint density at radius 2 is 2.00 bits per heavy atom. The molecule has 0 atom stereocenters. The summed E-state index contributed by atoms with van der Waals surface area (Å²) in [6.45, 7) is 1.95. The van der Waals surface area contributed by atoms with Gasteiger partial charge < -0.3 is 4.57 Å². The van der Waals surface area contributed by atoms with Gasteiger partial charge in [0.1, 0.15) is 0 Å². The van der Waals surface area contributed by atoms with Gasteiger partial charge in [-0.1, -0.05) is 12.1 Å². The second kappa shape index (κ2) is 6.22. The highest BCUT2D eigenvalue weighted by Gasteiger charge is 2.12. The lowest BCUT2D eigenvalue weighted by Crippen LogP contribution is -2.04. The molecule has 0 unspecified atom stereocenters. The summed E-state index contributed by atoms with van der Waals surface area (Å²) in [5, 5.41) is 2.65. The first kappa shape index (κ1) is 15.7. The summed E-state index contributed by atoms with van der Waals surface area (Å²) >= 11 is 1.42. The third-order valence-electron chi connectivity index (χ3n) is 4.09. The van der Waals surface area contributed by atoms with Crippen LogP contribution in [0.25, 0.3) is 22.0 Å². The molecule has 3 heterocycles. The zero-order chi connectivity index (χ0) is 17.4. The molecular weight excluding hydrogens is 332 g/mol. The molecule has 1 aromatic carbocycles. The summed E-state index contributed by atoms with van der Waals surface area (Å²) in [6, 6.07) is 8.19. The number of carbonyl (C=O) groups excluding carboxylic acids is 1. The van der Waals surface area contributed by atoms with E-state index in [9.17, 15) is 4.79 Å². The highest BCUT2D eigenvalue weighted by atomic mass is 32.1. The number of thiazole rings is 1. The van der Waals surface area contributed by atoms with Crippen LogP contribution < -0.4 is 0 Å². The van der Waals surface area contributed by atoms with E-state index in [1.807, 2.05) is 43.1 Å². The molecule has 0 saturated heterocycles. The summed E-state index contributed by atoms with van der Waals surface area (Å²) in [7, 11) is 1.97. The summed E-state index contributed by atoms with van der Waals surface area (Å²) in [5.74, 6) is 0.00717. The standard InChI is InChI=1S/C19H16N4OS/c1-12-8-22-19(25-12)18(24)7-16-6-15-5-13(3-4-14(15)9-21-16)17-10-20-11-23(17)2/h3-6,8-11H,7H2,1-2H3. The minimum absolute atomic E-state index is 0.00717. The first-order valence-corrected chi connectivity index (χ1v) is 8.73. The first-order chi connectivity index (χ1) is 12.1. The lowest BCUT2D eigenvalue weighted by molar-refractivity contribution is 0.0991. The molecule has 0 aliphatic rings. The van der Waals surface area contributed by atoms with Gasteiger partial charge in [0.2, 0.25) is 0 Å². The van der Waals surface area contributed by atoms with Gasteiger partial charge in [-0.3, -0.25) is 9.78 Å². The smallest absolute Gasteiger partial charge is 0.197 e. The molecule has 4 aromatic rings. The zero-order valence-corrected chi connectivity index (χ0v) is 14.7. The van der Waals surface area contributed by atoms with E-state index in [0.717, 1.165) is 32.6 Å². The van der Waals surface area contributed by atoms with E-state index >= 15 is 0 Å². The first-order valence-electron chi connectivity index (χ1n) is 7.91. The van der Waals surface area contributed by atoms with Crippen molar-refractivity contribution in [2.75, 3.05) is 0 Å². The molecule has 124 valence electrons. The van der Waals surface area contributed by atoms with Crippen LogP contribution in [0.5, 0.6) is 0 Å². The van der Waals surface area contributed by atoms with Crippen molar-refractivity contribution in [1.29, 1.82) is 0 Å². The van der Waals surface area contributed by atoms with Crippen LogP contribution in [-0.2, 0) is 13.5 Å². The maximum Gasteiger partial charge on any atom is 0.197 e. The number of aryl methyl sites for hydroxylation is 2. The van der Waals surface area contributed by atoms with E-state index in [2.05, 4.69) is 27.1 Å². The fourth-order valence-corrected chi connectivity index (χ4v) is 3.50. The van der Waals surface area contributed by atoms with Gasteiger partial charge in [0.15, 0.2) is 10.8 Å². The molecular formula is C19H16N4OS. The maximum atomic E-state index is 12.4. The van der Waals surface area contributed by atoms with Crippen LogP contribution in [0.3, 0.4) is 0 Å². The number of imidazole rings is 1. The Morgan fingerprint density at radius 3 is 2.72 bits per heavy atom. The van der Waals surface area contributed by atoms with Crippen LogP contribution in [0, 0.1) is 6.92 Å². The SMILES string of the molecule is Cc1cnc(C(=O)Cc2cc3cc(-c4cncn4C)ccc3cn2)s1. The van der Waals surface area contributed by atoms with Gasteiger partial charge in [0, 0.05) is 41.0 Å². The zero-order valence-electron chi connectivity index (χ0n) is 13.9. The van der Waals surface area contributed by atoms with Crippen molar-refractivity contribution in [2.45, 2.75) is 13.3 Å². The Kier molecular flexibility index (Phi) is 3.89. The third kappa shape index (κ3) is 3.08. The highest BCUT2D eigenvalue weighted by molar-refractivity contribution is 7.13. The molecule has 0 amide bonds. The predicted octanol–water partition coefficient (Wildman–Crippen LogP) is 3.83. The summed E-state index contributed by atoms with van der Waals surface area (Å²) in [6.07, 6.45) is 7.44. The number of benzene rings is 1. The monoisotopic (exact) mass is 348 g/mol. The summed E-state index contributed by atoms with van der Waals surface area (Å²) in [4.78, 5) is 26.2. The average molecular weight is 348 g/mol. The molecule has 0 aliphatic carbocycles. The van der Waals surface area contributed by atoms with Gasteiger partial charge >= 0.3 is 0 Å². The van der Waals surface area contributed by atoms with E-state index in [1.54, 1.807) is 12.5 Å². The molecule has 25 heavy (non-hydrogen) atoms. The molecule has 5 nitrogen and oxygen atoms in total. The van der Waals surface area contributed by atoms with Crippen LogP contribution in [-0.4, -0.2) is 25.3 Å². The van der Waals surface area contributed by atoms with Crippen LogP contribution >= 0.6 is 11.3 Å². The average Bonchev–Trinajstić information content (AvgIpc) is 3.22. The second-order valence-corrected chi connectivity index (χ2v) is 7.24. The molecule has 6 heteroatoms. The quantitative estimate of drug-likeness (QED) is 0.526. The lowest BCUT2D eigenvalue weighted by Gasteiger charge is -2.06. The van der Waals surface area contributed by atoms with Crippen LogP contribution in [0.15, 0.2) is 49.2 Å². The lowest BCUT2D eigenvalue weighted by atomic mass is 10.0.